The largest absolute Gasteiger partial charge is 0.344 e. The van der Waals surface area contributed by atoms with Gasteiger partial charge in [-0.05, 0) is 59.5 Å². The summed E-state index contributed by atoms with van der Waals surface area (Å²) in [5, 5.41) is 4.61. The summed E-state index contributed by atoms with van der Waals surface area (Å²) in [6.45, 7) is 3.37. The lowest BCUT2D eigenvalue weighted by Crippen LogP contribution is -1.99. The van der Waals surface area contributed by atoms with Crippen LogP contribution in [0.2, 0.25) is 5.02 Å². The Morgan fingerprint density at radius 1 is 1.50 bits per heavy atom. The molecule has 0 aliphatic carbocycles. The first-order valence-electron chi connectivity index (χ1n) is 5.18. The van der Waals surface area contributed by atoms with E-state index >= 15 is 0 Å². The lowest BCUT2D eigenvalue weighted by atomic mass is 10.2. The van der Waals surface area contributed by atoms with Gasteiger partial charge >= 0.3 is 0 Å². The molecular weight excluding hydrogens is 336 g/mol. The number of nitrogens with one attached hydrogen (secondary N) is 1. The topological polar surface area (TPSA) is 42.0 Å². The zero-order chi connectivity index (χ0) is 13.3. The van der Waals surface area contributed by atoms with E-state index in [1.54, 1.807) is 19.1 Å². The highest BCUT2D eigenvalue weighted by atomic mass is 79.9. The van der Waals surface area contributed by atoms with Gasteiger partial charge in [0.25, 0.3) is 0 Å². The molecule has 0 aliphatic heterocycles. The van der Waals surface area contributed by atoms with Crippen LogP contribution in [-0.2, 0) is 0 Å². The van der Waals surface area contributed by atoms with Crippen LogP contribution >= 0.6 is 39.1 Å². The highest BCUT2D eigenvalue weighted by molar-refractivity contribution is 9.10. The number of nitrogens with zero attached hydrogens (tertiary/aromatic N) is 1. The molecule has 0 bridgehead atoms. The fourth-order valence-electron chi connectivity index (χ4n) is 1.58. The molecule has 1 N–H and O–H groups in total. The van der Waals surface area contributed by atoms with Gasteiger partial charge in [0.15, 0.2) is 5.78 Å². The van der Waals surface area contributed by atoms with Crippen LogP contribution in [0, 0.1) is 6.92 Å². The third-order valence-corrected chi connectivity index (χ3v) is 4.14. The summed E-state index contributed by atoms with van der Waals surface area (Å²) in [6, 6.07) is 5.44. The van der Waals surface area contributed by atoms with Gasteiger partial charge in [0.2, 0.25) is 0 Å². The number of halogens is 2. The molecule has 0 amide bonds. The SMILES string of the molecule is CC(=O)c1c(C)nsc1Nc1ccc(Cl)cc1Br. The van der Waals surface area contributed by atoms with Gasteiger partial charge in [-0.3, -0.25) is 4.79 Å². The van der Waals surface area contributed by atoms with Crippen molar-refractivity contribution in [3.05, 3.63) is 39.0 Å². The fraction of sp³-hybridized carbons (Fsp3) is 0.167. The summed E-state index contributed by atoms with van der Waals surface area (Å²) in [6.07, 6.45) is 0. The average molecular weight is 346 g/mol. The van der Waals surface area contributed by atoms with Gasteiger partial charge in [-0.2, -0.15) is 4.37 Å². The van der Waals surface area contributed by atoms with Crippen LogP contribution in [0.3, 0.4) is 0 Å². The molecule has 6 heteroatoms. The maximum atomic E-state index is 11.6. The van der Waals surface area contributed by atoms with E-state index in [1.807, 2.05) is 13.0 Å². The van der Waals surface area contributed by atoms with E-state index in [9.17, 15) is 4.79 Å². The molecular formula is C12H10BrClN2OS. The number of hydrogen-bond donors (Lipinski definition) is 1. The van der Waals surface area contributed by atoms with Crippen LogP contribution in [0.15, 0.2) is 22.7 Å². The molecule has 0 saturated heterocycles. The third-order valence-electron chi connectivity index (χ3n) is 2.39. The van der Waals surface area contributed by atoms with E-state index in [0.717, 1.165) is 20.9 Å². The van der Waals surface area contributed by atoms with Crippen molar-refractivity contribution < 1.29 is 4.79 Å². The van der Waals surface area contributed by atoms with Crippen LogP contribution in [-0.4, -0.2) is 10.2 Å². The normalized spacial score (nSPS) is 10.4. The van der Waals surface area contributed by atoms with Gasteiger partial charge in [0.05, 0.1) is 16.9 Å². The van der Waals surface area contributed by atoms with E-state index in [4.69, 9.17) is 11.6 Å². The van der Waals surface area contributed by atoms with Crippen molar-refractivity contribution in [1.29, 1.82) is 0 Å². The summed E-state index contributed by atoms with van der Waals surface area (Å²) in [5.41, 5.74) is 2.24. The van der Waals surface area contributed by atoms with Crippen LogP contribution in [0.1, 0.15) is 23.0 Å². The van der Waals surface area contributed by atoms with Gasteiger partial charge in [-0.25, -0.2) is 0 Å². The van der Waals surface area contributed by atoms with E-state index in [-0.39, 0.29) is 5.78 Å². The summed E-state index contributed by atoms with van der Waals surface area (Å²) < 4.78 is 5.04. The molecule has 94 valence electrons. The third kappa shape index (κ3) is 2.74. The molecule has 2 rings (SSSR count). The van der Waals surface area contributed by atoms with Gasteiger partial charge in [-0.1, -0.05) is 11.6 Å². The standard InChI is InChI=1S/C12H10BrClN2OS/c1-6-11(7(2)17)12(18-16-6)15-10-4-3-8(14)5-9(10)13/h3-5,15H,1-2H3. The summed E-state index contributed by atoms with van der Waals surface area (Å²) in [7, 11) is 0. The summed E-state index contributed by atoms with van der Waals surface area (Å²) in [5.74, 6) is 0.00818. The Balaban J connectivity index is 2.37. The van der Waals surface area contributed by atoms with E-state index in [0.29, 0.717) is 10.6 Å². The Kier molecular flexibility index (Phi) is 4.04. The van der Waals surface area contributed by atoms with E-state index in [2.05, 4.69) is 25.6 Å². The van der Waals surface area contributed by atoms with Crippen molar-refractivity contribution in [1.82, 2.24) is 4.37 Å². The van der Waals surface area contributed by atoms with Gasteiger partial charge in [-0.15, -0.1) is 0 Å². The number of aromatic nitrogens is 1. The molecule has 0 saturated carbocycles. The lowest BCUT2D eigenvalue weighted by molar-refractivity contribution is 0.101. The Morgan fingerprint density at radius 3 is 2.83 bits per heavy atom. The minimum Gasteiger partial charge on any atom is -0.344 e. The first-order valence-corrected chi connectivity index (χ1v) is 7.12. The average Bonchev–Trinajstić information content (AvgIpc) is 2.64. The lowest BCUT2D eigenvalue weighted by Gasteiger charge is -2.08. The molecule has 1 aromatic heterocycles. The molecule has 18 heavy (non-hydrogen) atoms. The maximum Gasteiger partial charge on any atom is 0.164 e. The van der Waals surface area contributed by atoms with Crippen molar-refractivity contribution in [2.75, 3.05) is 5.32 Å². The second-order valence-corrected chi connectivity index (χ2v) is 5.84. The zero-order valence-electron chi connectivity index (χ0n) is 9.75. The van der Waals surface area contributed by atoms with Gasteiger partial charge in [0, 0.05) is 9.50 Å². The zero-order valence-corrected chi connectivity index (χ0v) is 12.9. The van der Waals surface area contributed by atoms with Crippen molar-refractivity contribution in [2.45, 2.75) is 13.8 Å². The Morgan fingerprint density at radius 2 is 2.22 bits per heavy atom. The predicted molar refractivity (Wildman–Crippen MR) is 79.3 cm³/mol. The Labute approximate surface area is 122 Å². The van der Waals surface area contributed by atoms with Crippen LogP contribution in [0.5, 0.6) is 0 Å². The Hall–Kier alpha value is -0.910. The number of anilines is 2. The van der Waals surface area contributed by atoms with Crippen molar-refractivity contribution in [2.24, 2.45) is 0 Å². The molecule has 0 aliphatic rings. The van der Waals surface area contributed by atoms with Crippen molar-refractivity contribution in [3.8, 4) is 0 Å². The number of Topliss-reactive ketones (excluding diaryl/α,β-unsaturated/α-hetero) is 1. The first-order chi connectivity index (χ1) is 8.49. The molecule has 0 radical (unpaired) electrons. The number of rotatable bonds is 3. The molecule has 3 nitrogen and oxygen atoms in total. The number of benzene rings is 1. The molecule has 0 fully saturated rings. The molecule has 1 aromatic carbocycles. The fourth-order valence-corrected chi connectivity index (χ4v) is 3.22. The minimum atomic E-state index is 0.00818. The molecule has 1 heterocycles. The van der Waals surface area contributed by atoms with Crippen molar-refractivity contribution >= 4 is 55.5 Å². The van der Waals surface area contributed by atoms with Crippen LogP contribution in [0.4, 0.5) is 10.7 Å². The number of carbonyl (C=O) groups is 1. The Bertz CT molecular complexity index is 612. The smallest absolute Gasteiger partial charge is 0.164 e. The highest BCUT2D eigenvalue weighted by Gasteiger charge is 2.15. The molecule has 0 atom stereocenters. The number of aryl methyl sites for hydroxylation is 1. The summed E-state index contributed by atoms with van der Waals surface area (Å²) >= 11 is 10.6. The van der Waals surface area contributed by atoms with Gasteiger partial charge in [0.1, 0.15) is 5.00 Å². The van der Waals surface area contributed by atoms with E-state index < -0.39 is 0 Å². The highest BCUT2D eigenvalue weighted by Crippen LogP contribution is 2.33. The van der Waals surface area contributed by atoms with Crippen LogP contribution in [0.25, 0.3) is 0 Å². The number of hydrogen-bond acceptors (Lipinski definition) is 4. The van der Waals surface area contributed by atoms with Crippen molar-refractivity contribution in [3.63, 3.8) is 0 Å². The van der Waals surface area contributed by atoms with Crippen LogP contribution < -0.4 is 5.32 Å². The summed E-state index contributed by atoms with van der Waals surface area (Å²) in [4.78, 5) is 11.6. The second-order valence-electron chi connectivity index (χ2n) is 3.78. The van der Waals surface area contributed by atoms with E-state index in [1.165, 1.54) is 11.5 Å². The predicted octanol–water partition coefficient (Wildman–Crippen LogP) is 4.81. The second kappa shape index (κ2) is 5.38. The number of carbonyl (C=O) groups excluding carboxylic acids is 1. The molecule has 0 spiro atoms. The molecule has 0 unspecified atom stereocenters. The monoisotopic (exact) mass is 344 g/mol. The maximum absolute atomic E-state index is 11.6. The molecule has 2 aromatic rings. The number of ketones is 1. The first kappa shape index (κ1) is 13.5. The quantitative estimate of drug-likeness (QED) is 0.811. The van der Waals surface area contributed by atoms with Gasteiger partial charge < -0.3 is 5.32 Å². The minimum absolute atomic E-state index is 0.00818.